The van der Waals surface area contributed by atoms with Crippen molar-refractivity contribution >= 4 is 11.6 Å². The first-order valence-electron chi connectivity index (χ1n) is 8.50. The number of nitrogens with zero attached hydrogens (tertiary/aromatic N) is 3. The van der Waals surface area contributed by atoms with E-state index in [1.54, 1.807) is 19.1 Å². The van der Waals surface area contributed by atoms with Gasteiger partial charge < -0.3 is 5.32 Å². The van der Waals surface area contributed by atoms with E-state index in [1.807, 2.05) is 24.5 Å². The molecule has 132 valence electrons. The number of carbonyl (C=O) groups is 1. The van der Waals surface area contributed by atoms with E-state index in [2.05, 4.69) is 20.1 Å². The molecule has 1 N–H and O–H groups in total. The zero-order chi connectivity index (χ0) is 17.6. The average Bonchev–Trinajstić information content (AvgIpc) is 2.61. The van der Waals surface area contributed by atoms with Crippen LogP contribution in [-0.2, 0) is 11.3 Å². The monoisotopic (exact) mass is 342 g/mol. The molecule has 1 saturated heterocycles. The molecular weight excluding hydrogens is 319 g/mol. The summed E-state index contributed by atoms with van der Waals surface area (Å²) < 4.78 is 13.5. The summed E-state index contributed by atoms with van der Waals surface area (Å²) in [5.41, 5.74) is 2.33. The molecule has 1 aliphatic rings. The lowest BCUT2D eigenvalue weighted by Crippen LogP contribution is -2.48. The third-order valence-corrected chi connectivity index (χ3v) is 4.44. The van der Waals surface area contributed by atoms with Crippen LogP contribution in [0.3, 0.4) is 0 Å². The van der Waals surface area contributed by atoms with Crippen LogP contribution < -0.4 is 5.32 Å². The zero-order valence-corrected chi connectivity index (χ0v) is 14.4. The van der Waals surface area contributed by atoms with Crippen molar-refractivity contribution in [3.63, 3.8) is 0 Å². The van der Waals surface area contributed by atoms with Crippen molar-refractivity contribution in [2.45, 2.75) is 13.5 Å². The standard InChI is InChI=1S/C19H23FN4O/c1-15-2-3-17(12-18(15)20)22-19(25)14-24-10-8-23(9-11-24)13-16-4-6-21-7-5-16/h2-7,12H,8-11,13-14H2,1H3,(H,22,25). The van der Waals surface area contributed by atoms with E-state index in [-0.39, 0.29) is 11.7 Å². The average molecular weight is 342 g/mol. The predicted molar refractivity (Wildman–Crippen MR) is 95.7 cm³/mol. The predicted octanol–water partition coefficient (Wildman–Crippen LogP) is 2.29. The Bertz CT molecular complexity index is 715. The minimum atomic E-state index is -0.303. The topological polar surface area (TPSA) is 48.5 Å². The Hall–Kier alpha value is -2.31. The molecule has 1 aliphatic heterocycles. The van der Waals surface area contributed by atoms with E-state index in [9.17, 15) is 9.18 Å². The Kier molecular flexibility index (Phi) is 5.73. The van der Waals surface area contributed by atoms with Gasteiger partial charge in [-0.1, -0.05) is 6.07 Å². The number of nitrogens with one attached hydrogen (secondary N) is 1. The quantitative estimate of drug-likeness (QED) is 0.906. The smallest absolute Gasteiger partial charge is 0.238 e. The minimum absolute atomic E-state index is 0.106. The molecule has 1 amide bonds. The summed E-state index contributed by atoms with van der Waals surface area (Å²) in [7, 11) is 0. The molecular formula is C19H23FN4O. The van der Waals surface area contributed by atoms with Crippen LogP contribution in [0, 0.1) is 12.7 Å². The van der Waals surface area contributed by atoms with Crippen molar-refractivity contribution in [2.24, 2.45) is 0 Å². The highest BCUT2D eigenvalue weighted by atomic mass is 19.1. The molecule has 1 aromatic carbocycles. The highest BCUT2D eigenvalue weighted by Gasteiger charge is 2.19. The number of halogens is 1. The highest BCUT2D eigenvalue weighted by molar-refractivity contribution is 5.92. The summed E-state index contributed by atoms with van der Waals surface area (Å²) in [5, 5.41) is 2.77. The molecule has 0 unspecified atom stereocenters. The fourth-order valence-electron chi connectivity index (χ4n) is 2.93. The Morgan fingerprint density at radius 2 is 1.80 bits per heavy atom. The first-order valence-corrected chi connectivity index (χ1v) is 8.50. The summed E-state index contributed by atoms with van der Waals surface area (Å²) in [6, 6.07) is 8.81. The fourth-order valence-corrected chi connectivity index (χ4v) is 2.93. The van der Waals surface area contributed by atoms with Gasteiger partial charge in [0.1, 0.15) is 5.82 Å². The molecule has 0 saturated carbocycles. The Morgan fingerprint density at radius 1 is 1.12 bits per heavy atom. The number of pyridine rings is 1. The number of hydrogen-bond acceptors (Lipinski definition) is 4. The van der Waals surface area contributed by atoms with Crippen LogP contribution in [0.1, 0.15) is 11.1 Å². The third kappa shape index (κ3) is 5.08. The van der Waals surface area contributed by atoms with Crippen molar-refractivity contribution in [1.82, 2.24) is 14.8 Å². The van der Waals surface area contributed by atoms with Gasteiger partial charge in [0, 0.05) is 50.8 Å². The molecule has 25 heavy (non-hydrogen) atoms. The molecule has 2 heterocycles. The molecule has 5 nitrogen and oxygen atoms in total. The molecule has 0 bridgehead atoms. The second-order valence-electron chi connectivity index (χ2n) is 6.42. The van der Waals surface area contributed by atoms with E-state index >= 15 is 0 Å². The van der Waals surface area contributed by atoms with Crippen LogP contribution >= 0.6 is 0 Å². The van der Waals surface area contributed by atoms with Gasteiger partial charge in [-0.2, -0.15) is 0 Å². The number of carbonyl (C=O) groups excluding carboxylic acids is 1. The van der Waals surface area contributed by atoms with Gasteiger partial charge in [0.25, 0.3) is 0 Å². The van der Waals surface area contributed by atoms with Gasteiger partial charge in [-0.15, -0.1) is 0 Å². The van der Waals surface area contributed by atoms with Crippen LogP contribution in [0.25, 0.3) is 0 Å². The first-order chi connectivity index (χ1) is 12.1. The van der Waals surface area contributed by atoms with Crippen LogP contribution in [0.4, 0.5) is 10.1 Å². The Labute approximate surface area is 147 Å². The van der Waals surface area contributed by atoms with E-state index < -0.39 is 0 Å². The van der Waals surface area contributed by atoms with Crippen LogP contribution in [0.2, 0.25) is 0 Å². The van der Waals surface area contributed by atoms with Crippen molar-refractivity contribution in [2.75, 3.05) is 38.0 Å². The molecule has 1 aromatic heterocycles. The maximum Gasteiger partial charge on any atom is 0.238 e. The van der Waals surface area contributed by atoms with Gasteiger partial charge in [0.15, 0.2) is 0 Å². The number of anilines is 1. The normalized spacial score (nSPS) is 15.9. The molecule has 0 spiro atoms. The largest absolute Gasteiger partial charge is 0.325 e. The molecule has 0 radical (unpaired) electrons. The Morgan fingerprint density at radius 3 is 2.48 bits per heavy atom. The van der Waals surface area contributed by atoms with Crippen molar-refractivity contribution in [3.05, 3.63) is 59.7 Å². The number of benzene rings is 1. The lowest BCUT2D eigenvalue weighted by molar-refractivity contribution is -0.117. The van der Waals surface area contributed by atoms with E-state index in [0.29, 0.717) is 17.8 Å². The molecule has 1 fully saturated rings. The second-order valence-corrected chi connectivity index (χ2v) is 6.42. The molecule has 3 rings (SSSR count). The lowest BCUT2D eigenvalue weighted by atomic mass is 10.2. The van der Waals surface area contributed by atoms with Gasteiger partial charge in [0.2, 0.25) is 5.91 Å². The van der Waals surface area contributed by atoms with Crippen LogP contribution in [-0.4, -0.2) is 53.4 Å². The second kappa shape index (κ2) is 8.18. The van der Waals surface area contributed by atoms with E-state index in [0.717, 1.165) is 32.7 Å². The number of hydrogen-bond donors (Lipinski definition) is 1. The van der Waals surface area contributed by atoms with Crippen molar-refractivity contribution < 1.29 is 9.18 Å². The number of aryl methyl sites for hydroxylation is 1. The van der Waals surface area contributed by atoms with Gasteiger partial charge in [0.05, 0.1) is 6.54 Å². The first kappa shape index (κ1) is 17.5. The van der Waals surface area contributed by atoms with Gasteiger partial charge in [-0.25, -0.2) is 4.39 Å². The number of piperazine rings is 1. The lowest BCUT2D eigenvalue weighted by Gasteiger charge is -2.34. The minimum Gasteiger partial charge on any atom is -0.325 e. The molecule has 0 aliphatic carbocycles. The Balaban J connectivity index is 1.43. The van der Waals surface area contributed by atoms with Crippen molar-refractivity contribution in [1.29, 1.82) is 0 Å². The summed E-state index contributed by atoms with van der Waals surface area (Å²) in [6.45, 7) is 6.49. The molecule has 0 atom stereocenters. The summed E-state index contributed by atoms with van der Waals surface area (Å²) in [4.78, 5) is 20.7. The number of rotatable bonds is 5. The van der Waals surface area contributed by atoms with E-state index in [4.69, 9.17) is 0 Å². The zero-order valence-electron chi connectivity index (χ0n) is 14.4. The fraction of sp³-hybridized carbons (Fsp3) is 0.368. The SMILES string of the molecule is Cc1ccc(NC(=O)CN2CCN(Cc3ccncc3)CC2)cc1F. The van der Waals surface area contributed by atoms with Gasteiger partial charge in [-0.05, 0) is 42.3 Å². The maximum absolute atomic E-state index is 13.5. The summed E-state index contributed by atoms with van der Waals surface area (Å²) in [6.07, 6.45) is 3.62. The van der Waals surface area contributed by atoms with Crippen molar-refractivity contribution in [3.8, 4) is 0 Å². The van der Waals surface area contributed by atoms with Crippen LogP contribution in [0.15, 0.2) is 42.7 Å². The molecule has 2 aromatic rings. The number of amides is 1. The third-order valence-electron chi connectivity index (χ3n) is 4.44. The van der Waals surface area contributed by atoms with Gasteiger partial charge in [-0.3, -0.25) is 19.6 Å². The van der Waals surface area contributed by atoms with Gasteiger partial charge >= 0.3 is 0 Å². The number of aromatic nitrogens is 1. The van der Waals surface area contributed by atoms with E-state index in [1.165, 1.54) is 11.6 Å². The molecule has 6 heteroatoms. The maximum atomic E-state index is 13.5. The van der Waals surface area contributed by atoms with Crippen LogP contribution in [0.5, 0.6) is 0 Å². The summed E-state index contributed by atoms with van der Waals surface area (Å²) >= 11 is 0. The highest BCUT2D eigenvalue weighted by Crippen LogP contribution is 2.14. The summed E-state index contributed by atoms with van der Waals surface area (Å²) in [5.74, 6) is -0.409.